The highest BCUT2D eigenvalue weighted by Crippen LogP contribution is 2.30. The van der Waals surface area contributed by atoms with Crippen molar-refractivity contribution in [2.24, 2.45) is 18.9 Å². The van der Waals surface area contributed by atoms with Gasteiger partial charge in [0.15, 0.2) is 0 Å². The Labute approximate surface area is 103 Å². The van der Waals surface area contributed by atoms with E-state index in [2.05, 4.69) is 24.3 Å². The maximum atomic E-state index is 10.1. The molecule has 3 unspecified atom stereocenters. The van der Waals surface area contributed by atoms with Crippen LogP contribution >= 0.6 is 0 Å². The smallest absolute Gasteiger partial charge is 0.0944 e. The Morgan fingerprint density at radius 1 is 1.47 bits per heavy atom. The van der Waals surface area contributed by atoms with Crippen molar-refractivity contribution >= 4 is 0 Å². The Bertz CT molecular complexity index is 353. The summed E-state index contributed by atoms with van der Waals surface area (Å²) in [5, 5.41) is 17.6. The molecule has 3 atom stereocenters. The Kier molecular flexibility index (Phi) is 3.84. The summed E-state index contributed by atoms with van der Waals surface area (Å²) in [6.45, 7) is 5.19. The summed E-state index contributed by atoms with van der Waals surface area (Å²) < 4.78 is 1.72. The van der Waals surface area contributed by atoms with Gasteiger partial charge in [0.25, 0.3) is 0 Å². The zero-order chi connectivity index (χ0) is 12.4. The minimum atomic E-state index is -0.455. The summed E-state index contributed by atoms with van der Waals surface area (Å²) in [6, 6.07) is 0.543. The number of hydrogen-bond acceptors (Lipinski definition) is 3. The normalized spacial score (nSPS) is 30.7. The first-order valence-corrected chi connectivity index (χ1v) is 6.48. The van der Waals surface area contributed by atoms with Crippen LogP contribution in [0.3, 0.4) is 0 Å². The molecule has 4 heteroatoms. The quantitative estimate of drug-likeness (QED) is 0.834. The van der Waals surface area contributed by atoms with Crippen LogP contribution in [0.25, 0.3) is 0 Å². The molecule has 0 spiro atoms. The number of aryl methyl sites for hydroxylation is 1. The van der Waals surface area contributed by atoms with Gasteiger partial charge >= 0.3 is 0 Å². The van der Waals surface area contributed by atoms with Gasteiger partial charge in [-0.2, -0.15) is 5.10 Å². The number of nitrogens with zero attached hydrogens (tertiary/aromatic N) is 2. The third-order valence-electron chi connectivity index (χ3n) is 3.96. The van der Waals surface area contributed by atoms with E-state index in [9.17, 15) is 5.11 Å². The van der Waals surface area contributed by atoms with E-state index in [-0.39, 0.29) is 0 Å². The lowest BCUT2D eigenvalue weighted by atomic mass is 10.00. The van der Waals surface area contributed by atoms with E-state index in [1.54, 1.807) is 10.9 Å². The van der Waals surface area contributed by atoms with Gasteiger partial charge < -0.3 is 10.4 Å². The predicted octanol–water partition coefficient (Wildman–Crippen LogP) is 1.48. The number of nitrogens with one attached hydrogen (secondary N) is 1. The highest BCUT2D eigenvalue weighted by Gasteiger charge is 2.30. The summed E-state index contributed by atoms with van der Waals surface area (Å²) >= 11 is 0. The third kappa shape index (κ3) is 2.87. The molecule has 0 amide bonds. The lowest BCUT2D eigenvalue weighted by molar-refractivity contribution is 0.163. The van der Waals surface area contributed by atoms with Crippen LogP contribution < -0.4 is 5.32 Å². The van der Waals surface area contributed by atoms with Crippen LogP contribution in [-0.4, -0.2) is 27.5 Å². The largest absolute Gasteiger partial charge is 0.387 e. The number of aliphatic hydroxyl groups is 1. The Balaban J connectivity index is 1.85. The van der Waals surface area contributed by atoms with Crippen molar-refractivity contribution in [3.05, 3.63) is 18.0 Å². The van der Waals surface area contributed by atoms with Crippen molar-refractivity contribution in [2.75, 3.05) is 6.54 Å². The number of rotatable bonds is 4. The van der Waals surface area contributed by atoms with Gasteiger partial charge in [-0.05, 0) is 24.7 Å². The van der Waals surface area contributed by atoms with Gasteiger partial charge in [0.2, 0.25) is 0 Å². The van der Waals surface area contributed by atoms with Crippen molar-refractivity contribution in [1.82, 2.24) is 15.1 Å². The summed E-state index contributed by atoms with van der Waals surface area (Å²) in [4.78, 5) is 0. The Hall–Kier alpha value is -0.870. The second-order valence-electron chi connectivity index (χ2n) is 5.43. The molecule has 2 rings (SSSR count). The van der Waals surface area contributed by atoms with Crippen molar-refractivity contribution in [3.63, 3.8) is 0 Å². The Morgan fingerprint density at radius 2 is 2.12 bits per heavy atom. The number of aromatic nitrogens is 2. The van der Waals surface area contributed by atoms with E-state index in [0.717, 1.165) is 5.56 Å². The first-order valence-electron chi connectivity index (χ1n) is 6.48. The molecule has 0 bridgehead atoms. The van der Waals surface area contributed by atoms with E-state index >= 15 is 0 Å². The first-order chi connectivity index (χ1) is 8.08. The van der Waals surface area contributed by atoms with Gasteiger partial charge in [0.1, 0.15) is 0 Å². The van der Waals surface area contributed by atoms with Gasteiger partial charge in [-0.25, -0.2) is 0 Å². The molecule has 1 heterocycles. The van der Waals surface area contributed by atoms with Crippen molar-refractivity contribution in [2.45, 2.75) is 38.8 Å². The fourth-order valence-corrected chi connectivity index (χ4v) is 2.83. The lowest BCUT2D eigenvalue weighted by Gasteiger charge is -2.23. The molecule has 0 aromatic carbocycles. The van der Waals surface area contributed by atoms with Gasteiger partial charge in [-0.15, -0.1) is 0 Å². The first kappa shape index (κ1) is 12.6. The van der Waals surface area contributed by atoms with Crippen LogP contribution in [0.5, 0.6) is 0 Å². The second kappa shape index (κ2) is 5.19. The van der Waals surface area contributed by atoms with Crippen molar-refractivity contribution in [3.8, 4) is 0 Å². The van der Waals surface area contributed by atoms with Crippen LogP contribution in [0.15, 0.2) is 12.4 Å². The second-order valence-corrected chi connectivity index (χ2v) is 5.43. The fraction of sp³-hybridized carbons (Fsp3) is 0.769. The molecule has 0 saturated heterocycles. The maximum Gasteiger partial charge on any atom is 0.0944 e. The van der Waals surface area contributed by atoms with Gasteiger partial charge in [0, 0.05) is 31.4 Å². The minimum Gasteiger partial charge on any atom is -0.387 e. The highest BCUT2D eigenvalue weighted by atomic mass is 16.3. The topological polar surface area (TPSA) is 50.1 Å². The molecule has 1 saturated carbocycles. The Morgan fingerprint density at radius 3 is 2.65 bits per heavy atom. The molecule has 1 fully saturated rings. The van der Waals surface area contributed by atoms with Crippen LogP contribution in [0, 0.1) is 11.8 Å². The van der Waals surface area contributed by atoms with Crippen LogP contribution in [0.2, 0.25) is 0 Å². The maximum absolute atomic E-state index is 10.1. The summed E-state index contributed by atoms with van der Waals surface area (Å²) in [7, 11) is 1.87. The van der Waals surface area contributed by atoms with Gasteiger partial charge in [-0.3, -0.25) is 4.68 Å². The van der Waals surface area contributed by atoms with E-state index in [0.29, 0.717) is 24.4 Å². The third-order valence-corrected chi connectivity index (χ3v) is 3.96. The van der Waals surface area contributed by atoms with Crippen LogP contribution in [0.4, 0.5) is 0 Å². The molecular weight excluding hydrogens is 214 g/mol. The average molecular weight is 237 g/mol. The standard InChI is InChI=1S/C13H23N3O/c1-9-4-5-10(2)13(9)14-7-12(17)11-6-15-16(3)8-11/h6,8-10,12-14,17H,4-5,7H2,1-3H3. The number of aliphatic hydroxyl groups excluding tert-OH is 1. The van der Waals surface area contributed by atoms with E-state index in [4.69, 9.17) is 0 Å². The van der Waals surface area contributed by atoms with E-state index in [1.807, 2.05) is 13.2 Å². The van der Waals surface area contributed by atoms with E-state index < -0.39 is 6.10 Å². The molecule has 1 aromatic rings. The summed E-state index contributed by atoms with van der Waals surface area (Å²) in [6.07, 6.45) is 5.73. The average Bonchev–Trinajstić information content (AvgIpc) is 2.84. The molecule has 1 aliphatic carbocycles. The van der Waals surface area contributed by atoms with E-state index in [1.165, 1.54) is 12.8 Å². The molecule has 17 heavy (non-hydrogen) atoms. The molecule has 0 radical (unpaired) electrons. The van der Waals surface area contributed by atoms with Crippen LogP contribution in [0.1, 0.15) is 38.4 Å². The molecule has 1 aromatic heterocycles. The molecular formula is C13H23N3O. The SMILES string of the molecule is CC1CCC(C)C1NCC(O)c1cnn(C)c1. The molecule has 1 aliphatic rings. The molecule has 2 N–H and O–H groups in total. The zero-order valence-electron chi connectivity index (χ0n) is 10.9. The predicted molar refractivity (Wildman–Crippen MR) is 67.5 cm³/mol. The minimum absolute atomic E-state index is 0.455. The molecule has 0 aliphatic heterocycles. The summed E-state index contributed by atoms with van der Waals surface area (Å²) in [5.74, 6) is 1.43. The zero-order valence-corrected chi connectivity index (χ0v) is 10.9. The molecule has 4 nitrogen and oxygen atoms in total. The van der Waals surface area contributed by atoms with Crippen molar-refractivity contribution < 1.29 is 5.11 Å². The highest BCUT2D eigenvalue weighted by molar-refractivity contribution is 5.08. The van der Waals surface area contributed by atoms with Crippen molar-refractivity contribution in [1.29, 1.82) is 0 Å². The van der Waals surface area contributed by atoms with Gasteiger partial charge in [-0.1, -0.05) is 13.8 Å². The van der Waals surface area contributed by atoms with Crippen LogP contribution in [-0.2, 0) is 7.05 Å². The van der Waals surface area contributed by atoms with Gasteiger partial charge in [0.05, 0.1) is 12.3 Å². The fourth-order valence-electron chi connectivity index (χ4n) is 2.83. The lowest BCUT2D eigenvalue weighted by Crippen LogP contribution is -2.38. The monoisotopic (exact) mass is 237 g/mol. The molecule has 96 valence electrons. The summed E-state index contributed by atoms with van der Waals surface area (Å²) in [5.41, 5.74) is 0.887. The number of hydrogen-bond donors (Lipinski definition) is 2.